The van der Waals surface area contributed by atoms with Gasteiger partial charge in [0.1, 0.15) is 5.75 Å². The third-order valence-corrected chi connectivity index (χ3v) is 3.95. The number of nitro benzene ring substituents is 1. The summed E-state index contributed by atoms with van der Waals surface area (Å²) in [6.07, 6.45) is 5.90. The van der Waals surface area contributed by atoms with Gasteiger partial charge in [0.25, 0.3) is 11.6 Å². The lowest BCUT2D eigenvalue weighted by Gasteiger charge is -2.08. The number of unbranched alkanes of at least 4 members (excludes halogenated alkanes) is 4. The molecule has 0 bridgehead atoms. The van der Waals surface area contributed by atoms with Gasteiger partial charge in [-0.1, -0.05) is 38.7 Å². The molecule has 6 nitrogen and oxygen atoms in total. The molecular formula is C20H24N2O4. The maximum absolute atomic E-state index is 12.2. The molecule has 0 aromatic heterocycles. The van der Waals surface area contributed by atoms with Gasteiger partial charge in [0.2, 0.25) is 0 Å². The van der Waals surface area contributed by atoms with Crippen molar-refractivity contribution in [2.45, 2.75) is 39.0 Å². The number of anilines is 1. The Bertz CT molecular complexity index is 729. The van der Waals surface area contributed by atoms with Gasteiger partial charge in [-0.05, 0) is 36.8 Å². The normalized spacial score (nSPS) is 10.3. The van der Waals surface area contributed by atoms with Gasteiger partial charge in [0.15, 0.2) is 0 Å². The average molecular weight is 356 g/mol. The van der Waals surface area contributed by atoms with Gasteiger partial charge in [0, 0.05) is 23.4 Å². The Morgan fingerprint density at radius 1 is 1.08 bits per heavy atom. The van der Waals surface area contributed by atoms with Crippen molar-refractivity contribution in [3.05, 3.63) is 64.2 Å². The number of non-ortho nitro benzene ring substituents is 1. The molecule has 2 aromatic rings. The third-order valence-electron chi connectivity index (χ3n) is 3.95. The van der Waals surface area contributed by atoms with E-state index in [0.29, 0.717) is 17.9 Å². The van der Waals surface area contributed by atoms with Crippen molar-refractivity contribution in [1.82, 2.24) is 0 Å². The van der Waals surface area contributed by atoms with E-state index >= 15 is 0 Å². The molecule has 6 heteroatoms. The van der Waals surface area contributed by atoms with E-state index in [0.717, 1.165) is 18.6 Å². The van der Waals surface area contributed by atoms with Crippen LogP contribution in [0.4, 0.5) is 11.4 Å². The molecular weight excluding hydrogens is 332 g/mol. The van der Waals surface area contributed by atoms with E-state index in [9.17, 15) is 14.9 Å². The number of rotatable bonds is 10. The van der Waals surface area contributed by atoms with E-state index in [4.69, 9.17) is 4.74 Å². The minimum atomic E-state index is -0.496. The second kappa shape index (κ2) is 10.2. The highest BCUT2D eigenvalue weighted by molar-refractivity contribution is 6.04. The topological polar surface area (TPSA) is 81.5 Å². The van der Waals surface area contributed by atoms with Gasteiger partial charge in [-0.3, -0.25) is 14.9 Å². The molecule has 0 fully saturated rings. The first-order valence-electron chi connectivity index (χ1n) is 8.89. The van der Waals surface area contributed by atoms with E-state index in [1.165, 1.54) is 37.5 Å². The number of ether oxygens (including phenoxy) is 1. The van der Waals surface area contributed by atoms with Crippen molar-refractivity contribution >= 4 is 17.3 Å². The van der Waals surface area contributed by atoms with Crippen LogP contribution in [0.25, 0.3) is 0 Å². The number of nitrogens with zero attached hydrogens (tertiary/aromatic N) is 1. The second-order valence-corrected chi connectivity index (χ2v) is 6.05. The molecule has 0 radical (unpaired) electrons. The molecule has 1 N–H and O–H groups in total. The molecule has 2 aromatic carbocycles. The fraction of sp³-hybridized carbons (Fsp3) is 0.350. The summed E-state index contributed by atoms with van der Waals surface area (Å²) >= 11 is 0. The summed E-state index contributed by atoms with van der Waals surface area (Å²) < 4.78 is 5.67. The van der Waals surface area contributed by atoms with Gasteiger partial charge in [-0.15, -0.1) is 0 Å². The van der Waals surface area contributed by atoms with Crippen molar-refractivity contribution in [2.24, 2.45) is 0 Å². The molecule has 0 spiro atoms. The lowest BCUT2D eigenvalue weighted by atomic mass is 10.1. The Morgan fingerprint density at radius 2 is 1.81 bits per heavy atom. The summed E-state index contributed by atoms with van der Waals surface area (Å²) in [7, 11) is 0. The van der Waals surface area contributed by atoms with Crippen LogP contribution >= 0.6 is 0 Å². The molecule has 0 aliphatic carbocycles. The fourth-order valence-electron chi connectivity index (χ4n) is 2.50. The largest absolute Gasteiger partial charge is 0.494 e. The van der Waals surface area contributed by atoms with Crippen LogP contribution in [0.3, 0.4) is 0 Å². The summed E-state index contributed by atoms with van der Waals surface area (Å²) in [6, 6.07) is 12.7. The monoisotopic (exact) mass is 356 g/mol. The molecule has 1 amide bonds. The van der Waals surface area contributed by atoms with Crippen LogP contribution in [0.2, 0.25) is 0 Å². The average Bonchev–Trinajstić information content (AvgIpc) is 2.65. The summed E-state index contributed by atoms with van der Waals surface area (Å²) in [6.45, 7) is 2.86. The molecule has 0 heterocycles. The van der Waals surface area contributed by atoms with E-state index in [2.05, 4.69) is 12.2 Å². The van der Waals surface area contributed by atoms with Gasteiger partial charge in [-0.25, -0.2) is 0 Å². The molecule has 138 valence electrons. The molecule has 0 aliphatic heterocycles. The van der Waals surface area contributed by atoms with Crippen molar-refractivity contribution in [3.63, 3.8) is 0 Å². The van der Waals surface area contributed by atoms with Gasteiger partial charge in [-0.2, -0.15) is 0 Å². The van der Waals surface area contributed by atoms with Crippen LogP contribution in [0, 0.1) is 10.1 Å². The molecule has 2 rings (SSSR count). The van der Waals surface area contributed by atoms with Crippen LogP contribution in [0.15, 0.2) is 48.5 Å². The molecule has 0 aliphatic rings. The van der Waals surface area contributed by atoms with Crippen molar-refractivity contribution in [2.75, 3.05) is 11.9 Å². The smallest absolute Gasteiger partial charge is 0.271 e. The summed E-state index contributed by atoms with van der Waals surface area (Å²) in [5, 5.41) is 13.4. The second-order valence-electron chi connectivity index (χ2n) is 6.05. The van der Waals surface area contributed by atoms with Crippen LogP contribution in [0.5, 0.6) is 5.75 Å². The number of benzene rings is 2. The van der Waals surface area contributed by atoms with Crippen LogP contribution in [0.1, 0.15) is 49.4 Å². The summed E-state index contributed by atoms with van der Waals surface area (Å²) in [5.41, 5.74) is 0.786. The third kappa shape index (κ3) is 6.20. The Morgan fingerprint density at radius 3 is 2.50 bits per heavy atom. The zero-order valence-electron chi connectivity index (χ0n) is 14.9. The zero-order chi connectivity index (χ0) is 18.8. The Labute approximate surface area is 153 Å². The van der Waals surface area contributed by atoms with Crippen molar-refractivity contribution in [1.29, 1.82) is 0 Å². The van der Waals surface area contributed by atoms with E-state index < -0.39 is 4.92 Å². The molecule has 0 atom stereocenters. The van der Waals surface area contributed by atoms with Crippen LogP contribution in [-0.2, 0) is 0 Å². The number of hydrogen-bond acceptors (Lipinski definition) is 4. The van der Waals surface area contributed by atoms with E-state index in [1.807, 2.05) is 0 Å². The minimum absolute atomic E-state index is 0.0644. The van der Waals surface area contributed by atoms with E-state index in [-0.39, 0.29) is 11.6 Å². The maximum Gasteiger partial charge on any atom is 0.271 e. The zero-order valence-corrected chi connectivity index (χ0v) is 14.9. The predicted octanol–water partition coefficient (Wildman–Crippen LogP) is 5.20. The van der Waals surface area contributed by atoms with Crippen molar-refractivity contribution in [3.8, 4) is 5.75 Å². The molecule has 0 saturated carbocycles. The summed E-state index contributed by atoms with van der Waals surface area (Å²) in [5.74, 6) is 0.406. The Hall–Kier alpha value is -2.89. The SMILES string of the molecule is CCCCCCCOc1ccc(C(=O)Nc2cccc([N+](=O)[O-])c2)cc1. The van der Waals surface area contributed by atoms with Gasteiger partial charge >= 0.3 is 0 Å². The predicted molar refractivity (Wildman–Crippen MR) is 102 cm³/mol. The molecule has 26 heavy (non-hydrogen) atoms. The highest BCUT2D eigenvalue weighted by atomic mass is 16.6. The first-order valence-corrected chi connectivity index (χ1v) is 8.89. The standard InChI is InChI=1S/C20H24N2O4/c1-2-3-4-5-6-14-26-19-12-10-16(11-13-19)20(23)21-17-8-7-9-18(15-17)22(24)25/h7-13,15H,2-6,14H2,1H3,(H,21,23). The molecule has 0 saturated heterocycles. The highest BCUT2D eigenvalue weighted by Gasteiger charge is 2.10. The summed E-state index contributed by atoms with van der Waals surface area (Å²) in [4.78, 5) is 22.5. The first-order chi connectivity index (χ1) is 12.6. The number of carbonyl (C=O) groups excluding carboxylic acids is 1. The number of nitrogens with one attached hydrogen (secondary N) is 1. The molecule has 0 unspecified atom stereocenters. The number of amides is 1. The lowest BCUT2D eigenvalue weighted by Crippen LogP contribution is -2.11. The fourth-order valence-corrected chi connectivity index (χ4v) is 2.50. The van der Waals surface area contributed by atoms with Gasteiger partial charge < -0.3 is 10.1 Å². The number of hydrogen-bond donors (Lipinski definition) is 1. The number of nitro groups is 1. The van der Waals surface area contributed by atoms with Crippen molar-refractivity contribution < 1.29 is 14.5 Å². The quantitative estimate of drug-likeness (QED) is 0.360. The Balaban J connectivity index is 1.84. The number of carbonyl (C=O) groups is 1. The Kier molecular flexibility index (Phi) is 7.61. The van der Waals surface area contributed by atoms with Crippen LogP contribution < -0.4 is 10.1 Å². The lowest BCUT2D eigenvalue weighted by molar-refractivity contribution is -0.384. The van der Waals surface area contributed by atoms with Crippen LogP contribution in [-0.4, -0.2) is 17.4 Å². The first kappa shape index (κ1) is 19.4. The minimum Gasteiger partial charge on any atom is -0.494 e. The van der Waals surface area contributed by atoms with E-state index in [1.54, 1.807) is 30.3 Å². The maximum atomic E-state index is 12.2. The van der Waals surface area contributed by atoms with Gasteiger partial charge in [0.05, 0.1) is 11.5 Å². The highest BCUT2D eigenvalue weighted by Crippen LogP contribution is 2.19.